The van der Waals surface area contributed by atoms with E-state index in [0.29, 0.717) is 22.7 Å². The Bertz CT molecular complexity index is 1130. The van der Waals surface area contributed by atoms with Crippen LogP contribution < -0.4 is 19.7 Å². The van der Waals surface area contributed by atoms with Crippen LogP contribution in [0.3, 0.4) is 0 Å². The van der Waals surface area contributed by atoms with Crippen molar-refractivity contribution in [1.82, 2.24) is 10.3 Å². The highest BCUT2D eigenvalue weighted by Gasteiger charge is 2.35. The van der Waals surface area contributed by atoms with E-state index >= 15 is 0 Å². The largest absolute Gasteiger partial charge is 0.493 e. The normalized spacial score (nSPS) is 14.6. The number of carbonyl (C=O) groups excluding carboxylic acids is 2. The second-order valence-corrected chi connectivity index (χ2v) is 8.59. The standard InChI is InChI=1S/C28H31N3O4/c1-34-24-17-16-20(19-25(24)35-2)26(27(32)30-21-11-5-3-6-12-21)31(22-13-7-4-8-14-22)28(33)23-15-9-10-18-29-23/h4,7-10,13-19,21,26H,3,5-6,11-12H2,1-2H3,(H,30,32)/t26-/m0/s1. The predicted molar refractivity (Wildman–Crippen MR) is 135 cm³/mol. The lowest BCUT2D eigenvalue weighted by atomic mass is 9.94. The number of carbonyl (C=O) groups is 2. The minimum absolute atomic E-state index is 0.0847. The number of hydrogen-bond donors (Lipinski definition) is 1. The summed E-state index contributed by atoms with van der Waals surface area (Å²) in [6.45, 7) is 0. The average Bonchev–Trinajstić information content (AvgIpc) is 2.92. The molecule has 0 radical (unpaired) electrons. The van der Waals surface area contributed by atoms with Gasteiger partial charge < -0.3 is 14.8 Å². The van der Waals surface area contributed by atoms with E-state index < -0.39 is 6.04 Å². The van der Waals surface area contributed by atoms with Crippen molar-refractivity contribution in [3.05, 3.63) is 84.2 Å². The van der Waals surface area contributed by atoms with Gasteiger partial charge in [-0.2, -0.15) is 0 Å². The summed E-state index contributed by atoms with van der Waals surface area (Å²) in [4.78, 5) is 33.6. The first-order valence-electron chi connectivity index (χ1n) is 11.9. The molecule has 1 aromatic heterocycles. The maximum atomic E-state index is 13.9. The van der Waals surface area contributed by atoms with Gasteiger partial charge in [-0.25, -0.2) is 0 Å². The second-order valence-electron chi connectivity index (χ2n) is 8.59. The van der Waals surface area contributed by atoms with E-state index in [1.165, 1.54) is 11.3 Å². The Labute approximate surface area is 206 Å². The zero-order chi connectivity index (χ0) is 24.6. The molecule has 1 N–H and O–H groups in total. The molecular formula is C28H31N3O4. The molecule has 1 saturated carbocycles. The van der Waals surface area contributed by atoms with Crippen molar-refractivity contribution in [3.8, 4) is 11.5 Å². The first-order valence-corrected chi connectivity index (χ1v) is 11.9. The summed E-state index contributed by atoms with van der Waals surface area (Å²) in [7, 11) is 3.11. The number of benzene rings is 2. The van der Waals surface area contributed by atoms with Gasteiger partial charge in [0.15, 0.2) is 11.5 Å². The summed E-state index contributed by atoms with van der Waals surface area (Å²) in [6, 6.07) is 18.8. The third-order valence-corrected chi connectivity index (χ3v) is 6.32. The van der Waals surface area contributed by atoms with Crippen LogP contribution in [-0.2, 0) is 4.79 Å². The monoisotopic (exact) mass is 473 g/mol. The van der Waals surface area contributed by atoms with E-state index in [1.807, 2.05) is 30.3 Å². The molecule has 3 aromatic rings. The fourth-order valence-electron chi connectivity index (χ4n) is 4.55. The van der Waals surface area contributed by atoms with Crippen molar-refractivity contribution in [2.24, 2.45) is 0 Å². The molecule has 0 saturated heterocycles. The summed E-state index contributed by atoms with van der Waals surface area (Å²) in [6.07, 6.45) is 6.79. The van der Waals surface area contributed by atoms with Crippen LogP contribution >= 0.6 is 0 Å². The number of pyridine rings is 1. The molecule has 0 spiro atoms. The van der Waals surface area contributed by atoms with Gasteiger partial charge in [0, 0.05) is 17.9 Å². The summed E-state index contributed by atoms with van der Waals surface area (Å²) in [5, 5.41) is 3.21. The van der Waals surface area contributed by atoms with E-state index in [0.717, 1.165) is 25.7 Å². The number of nitrogens with one attached hydrogen (secondary N) is 1. The SMILES string of the molecule is COc1ccc([C@@H](C(=O)NC2CCCCC2)N(C(=O)c2ccccn2)c2ccccc2)cc1OC. The number of amides is 2. The molecule has 35 heavy (non-hydrogen) atoms. The summed E-state index contributed by atoms with van der Waals surface area (Å²) < 4.78 is 10.9. The number of nitrogens with zero attached hydrogens (tertiary/aromatic N) is 2. The maximum Gasteiger partial charge on any atom is 0.277 e. The average molecular weight is 474 g/mol. The Kier molecular flexibility index (Phi) is 7.98. The third-order valence-electron chi connectivity index (χ3n) is 6.32. The number of para-hydroxylation sites is 1. The fraction of sp³-hybridized carbons (Fsp3) is 0.321. The predicted octanol–water partition coefficient (Wildman–Crippen LogP) is 4.94. The molecule has 182 valence electrons. The number of rotatable bonds is 8. The Morgan fingerprint density at radius 2 is 1.63 bits per heavy atom. The van der Waals surface area contributed by atoms with Crippen molar-refractivity contribution in [3.63, 3.8) is 0 Å². The van der Waals surface area contributed by atoms with Crippen molar-refractivity contribution in [2.75, 3.05) is 19.1 Å². The lowest BCUT2D eigenvalue weighted by Crippen LogP contribution is -2.47. The Hall–Kier alpha value is -3.87. The molecule has 2 amide bonds. The van der Waals surface area contributed by atoms with E-state index in [4.69, 9.17) is 9.47 Å². The van der Waals surface area contributed by atoms with Crippen LogP contribution in [0.4, 0.5) is 5.69 Å². The minimum atomic E-state index is -0.936. The zero-order valence-corrected chi connectivity index (χ0v) is 20.1. The van der Waals surface area contributed by atoms with Crippen LogP contribution in [0.2, 0.25) is 0 Å². The van der Waals surface area contributed by atoms with Crippen molar-refractivity contribution >= 4 is 17.5 Å². The highest BCUT2D eigenvalue weighted by molar-refractivity contribution is 6.09. The van der Waals surface area contributed by atoms with E-state index in [1.54, 1.807) is 56.8 Å². The molecule has 1 aliphatic rings. The minimum Gasteiger partial charge on any atom is -0.493 e. The van der Waals surface area contributed by atoms with E-state index in [9.17, 15) is 9.59 Å². The molecule has 1 atom stereocenters. The number of anilines is 1. The van der Waals surface area contributed by atoms with Gasteiger partial charge in [-0.15, -0.1) is 0 Å². The smallest absolute Gasteiger partial charge is 0.277 e. The van der Waals surface area contributed by atoms with Crippen LogP contribution in [0.5, 0.6) is 11.5 Å². The molecule has 1 aliphatic carbocycles. The third kappa shape index (κ3) is 5.62. The van der Waals surface area contributed by atoms with Crippen molar-refractivity contribution < 1.29 is 19.1 Å². The first kappa shape index (κ1) is 24.3. The quantitative estimate of drug-likeness (QED) is 0.501. The van der Waals surface area contributed by atoms with Gasteiger partial charge >= 0.3 is 0 Å². The summed E-state index contributed by atoms with van der Waals surface area (Å²) in [5.74, 6) is 0.427. The van der Waals surface area contributed by atoms with E-state index in [-0.39, 0.29) is 23.6 Å². The van der Waals surface area contributed by atoms with Gasteiger partial charge in [0.25, 0.3) is 5.91 Å². The molecule has 0 unspecified atom stereocenters. The van der Waals surface area contributed by atoms with Crippen molar-refractivity contribution in [1.29, 1.82) is 0 Å². The molecule has 1 heterocycles. The van der Waals surface area contributed by atoms with Crippen LogP contribution in [0.15, 0.2) is 72.9 Å². The highest BCUT2D eigenvalue weighted by atomic mass is 16.5. The first-order chi connectivity index (χ1) is 17.1. The number of methoxy groups -OCH3 is 2. The molecule has 7 nitrogen and oxygen atoms in total. The second kappa shape index (κ2) is 11.5. The highest BCUT2D eigenvalue weighted by Crippen LogP contribution is 2.35. The fourth-order valence-corrected chi connectivity index (χ4v) is 4.55. The van der Waals surface area contributed by atoms with E-state index in [2.05, 4.69) is 10.3 Å². The summed E-state index contributed by atoms with van der Waals surface area (Å²) >= 11 is 0. The molecule has 2 aromatic carbocycles. The lowest BCUT2D eigenvalue weighted by molar-refractivity contribution is -0.123. The Morgan fingerprint density at radius 1 is 0.914 bits per heavy atom. The number of aromatic nitrogens is 1. The van der Waals surface area contributed by atoms with Gasteiger partial charge in [0.05, 0.1) is 14.2 Å². The van der Waals surface area contributed by atoms with Crippen LogP contribution in [0.1, 0.15) is 54.2 Å². The topological polar surface area (TPSA) is 80.8 Å². The molecule has 0 bridgehead atoms. The summed E-state index contributed by atoms with van der Waals surface area (Å²) in [5.41, 5.74) is 1.47. The van der Waals surface area contributed by atoms with Gasteiger partial charge in [-0.3, -0.25) is 19.5 Å². The molecule has 1 fully saturated rings. The van der Waals surface area contributed by atoms with Crippen LogP contribution in [0.25, 0.3) is 0 Å². The maximum absolute atomic E-state index is 13.9. The number of ether oxygens (including phenoxy) is 2. The van der Waals surface area contributed by atoms with Crippen LogP contribution in [0, 0.1) is 0 Å². The van der Waals surface area contributed by atoms with Crippen molar-refractivity contribution in [2.45, 2.75) is 44.2 Å². The van der Waals surface area contributed by atoms with Gasteiger partial charge in [0.1, 0.15) is 11.7 Å². The Balaban J connectivity index is 1.82. The lowest BCUT2D eigenvalue weighted by Gasteiger charge is -2.33. The molecule has 0 aliphatic heterocycles. The molecular weight excluding hydrogens is 442 g/mol. The van der Waals surface area contributed by atoms with Crippen LogP contribution in [-0.4, -0.2) is 37.1 Å². The number of hydrogen-bond acceptors (Lipinski definition) is 5. The molecule has 7 heteroatoms. The van der Waals surface area contributed by atoms with Gasteiger partial charge in [-0.1, -0.05) is 49.6 Å². The zero-order valence-electron chi connectivity index (χ0n) is 20.1. The van der Waals surface area contributed by atoms with Gasteiger partial charge in [0.2, 0.25) is 5.91 Å². The molecule has 4 rings (SSSR count). The van der Waals surface area contributed by atoms with Gasteiger partial charge in [-0.05, 0) is 54.8 Å². The Morgan fingerprint density at radius 3 is 2.29 bits per heavy atom.